The molecule has 1 heterocycles. The number of amides is 2. The summed E-state index contributed by atoms with van der Waals surface area (Å²) in [4.78, 5) is 38.3. The highest BCUT2D eigenvalue weighted by molar-refractivity contribution is 6.04. The third-order valence-corrected chi connectivity index (χ3v) is 5.92. The number of aromatic nitrogens is 2. The Morgan fingerprint density at radius 3 is 2.22 bits per heavy atom. The predicted molar refractivity (Wildman–Crippen MR) is 141 cm³/mol. The van der Waals surface area contributed by atoms with E-state index in [-0.39, 0.29) is 11.9 Å². The van der Waals surface area contributed by atoms with E-state index in [1.54, 1.807) is 42.8 Å². The Kier molecular flexibility index (Phi) is 7.78. The van der Waals surface area contributed by atoms with Crippen molar-refractivity contribution in [3.05, 3.63) is 113 Å². The number of ether oxygens (including phenoxy) is 1. The van der Waals surface area contributed by atoms with Gasteiger partial charge >= 0.3 is 5.97 Å². The molecule has 37 heavy (non-hydrogen) atoms. The van der Waals surface area contributed by atoms with Crippen LogP contribution in [0.5, 0.6) is 0 Å². The van der Waals surface area contributed by atoms with Crippen molar-refractivity contribution >= 4 is 23.5 Å². The van der Waals surface area contributed by atoms with Gasteiger partial charge in [0.25, 0.3) is 11.8 Å². The van der Waals surface area contributed by atoms with Crippen molar-refractivity contribution in [2.75, 3.05) is 11.9 Å². The van der Waals surface area contributed by atoms with Crippen molar-refractivity contribution in [1.29, 1.82) is 0 Å². The maximum Gasteiger partial charge on any atom is 0.342 e. The van der Waals surface area contributed by atoms with Crippen molar-refractivity contribution in [3.8, 4) is 5.69 Å². The third-order valence-electron chi connectivity index (χ3n) is 5.92. The molecule has 0 aliphatic heterocycles. The van der Waals surface area contributed by atoms with Gasteiger partial charge in [-0.3, -0.25) is 9.59 Å². The minimum Gasteiger partial charge on any atom is -0.452 e. The van der Waals surface area contributed by atoms with Crippen LogP contribution in [0.25, 0.3) is 5.69 Å². The molecule has 4 aromatic rings. The highest BCUT2D eigenvalue weighted by Gasteiger charge is 2.22. The van der Waals surface area contributed by atoms with Crippen LogP contribution in [0.4, 0.5) is 5.69 Å². The van der Waals surface area contributed by atoms with Crippen LogP contribution < -0.4 is 10.6 Å². The van der Waals surface area contributed by atoms with E-state index >= 15 is 0 Å². The van der Waals surface area contributed by atoms with Crippen molar-refractivity contribution in [2.45, 2.75) is 26.8 Å². The monoisotopic (exact) mass is 496 g/mol. The first-order chi connectivity index (χ1) is 17.8. The van der Waals surface area contributed by atoms with Gasteiger partial charge in [-0.15, -0.1) is 0 Å². The fourth-order valence-electron chi connectivity index (χ4n) is 4.04. The summed E-state index contributed by atoms with van der Waals surface area (Å²) in [5.41, 5.74) is 3.84. The number of nitrogens with one attached hydrogen (secondary N) is 2. The molecular weight excluding hydrogens is 468 g/mol. The van der Waals surface area contributed by atoms with Crippen molar-refractivity contribution in [1.82, 2.24) is 15.1 Å². The minimum absolute atomic E-state index is 0.221. The molecule has 2 amide bonds. The quantitative estimate of drug-likeness (QED) is 0.342. The van der Waals surface area contributed by atoms with E-state index in [4.69, 9.17) is 4.74 Å². The standard InChI is InChI=1S/C29H28N4O4/c1-19(22-12-6-4-7-13-22)30-28(35)24-16-10-11-17-25(24)31-26(34)18-37-29(36)27-20(2)32-33(21(27)3)23-14-8-5-9-15-23/h4-17,19H,18H2,1-3H3,(H,30,35)(H,31,34)/t19-/m1/s1. The third kappa shape index (κ3) is 5.92. The van der Waals surface area contributed by atoms with Gasteiger partial charge in [0, 0.05) is 0 Å². The summed E-state index contributed by atoms with van der Waals surface area (Å²) in [6, 6.07) is 25.5. The fourth-order valence-corrected chi connectivity index (χ4v) is 4.04. The predicted octanol–water partition coefficient (Wildman–Crippen LogP) is 4.78. The van der Waals surface area contributed by atoms with Crippen LogP contribution in [0.15, 0.2) is 84.9 Å². The SMILES string of the molecule is Cc1nn(-c2ccccc2)c(C)c1C(=O)OCC(=O)Nc1ccccc1C(=O)N[C@H](C)c1ccccc1. The average molecular weight is 497 g/mol. The maximum absolute atomic E-state index is 12.9. The lowest BCUT2D eigenvalue weighted by molar-refractivity contribution is -0.119. The van der Waals surface area contributed by atoms with Crippen LogP contribution in [-0.2, 0) is 9.53 Å². The van der Waals surface area contributed by atoms with E-state index in [0.29, 0.717) is 28.2 Å². The molecule has 0 spiro atoms. The summed E-state index contributed by atoms with van der Waals surface area (Å²) in [6.07, 6.45) is 0. The molecule has 0 bridgehead atoms. The highest BCUT2D eigenvalue weighted by atomic mass is 16.5. The summed E-state index contributed by atoms with van der Waals surface area (Å²) >= 11 is 0. The number of nitrogens with zero attached hydrogens (tertiary/aromatic N) is 2. The van der Waals surface area contributed by atoms with Gasteiger partial charge in [0.05, 0.1) is 34.4 Å². The number of esters is 1. The van der Waals surface area contributed by atoms with E-state index < -0.39 is 18.5 Å². The Hall–Kier alpha value is -4.72. The second kappa shape index (κ2) is 11.3. The molecule has 0 saturated heterocycles. The van der Waals surface area contributed by atoms with Crippen LogP contribution >= 0.6 is 0 Å². The summed E-state index contributed by atoms with van der Waals surface area (Å²) in [5, 5.41) is 10.1. The van der Waals surface area contributed by atoms with Gasteiger partial charge in [0.1, 0.15) is 5.56 Å². The number of benzene rings is 3. The molecule has 0 aliphatic rings. The van der Waals surface area contributed by atoms with Gasteiger partial charge in [0.2, 0.25) is 0 Å². The molecule has 8 heteroatoms. The van der Waals surface area contributed by atoms with E-state index in [1.165, 1.54) is 0 Å². The number of aryl methyl sites for hydroxylation is 1. The van der Waals surface area contributed by atoms with Crippen LogP contribution in [0, 0.1) is 13.8 Å². The summed E-state index contributed by atoms with van der Waals surface area (Å²) in [7, 11) is 0. The summed E-state index contributed by atoms with van der Waals surface area (Å²) in [5.74, 6) is -1.53. The number of hydrogen-bond donors (Lipinski definition) is 2. The first kappa shape index (κ1) is 25.4. The lowest BCUT2D eigenvalue weighted by Gasteiger charge is -2.16. The van der Waals surface area contributed by atoms with E-state index in [2.05, 4.69) is 15.7 Å². The molecule has 0 aliphatic carbocycles. The largest absolute Gasteiger partial charge is 0.452 e. The second-order valence-electron chi connectivity index (χ2n) is 8.57. The van der Waals surface area contributed by atoms with E-state index in [1.807, 2.05) is 67.6 Å². The Labute approximate surface area is 215 Å². The Morgan fingerprint density at radius 1 is 0.892 bits per heavy atom. The smallest absolute Gasteiger partial charge is 0.342 e. The molecule has 0 unspecified atom stereocenters. The van der Waals surface area contributed by atoms with Gasteiger partial charge in [-0.05, 0) is 50.6 Å². The first-order valence-corrected chi connectivity index (χ1v) is 11.9. The molecule has 4 rings (SSSR count). The zero-order valence-electron chi connectivity index (χ0n) is 20.9. The second-order valence-corrected chi connectivity index (χ2v) is 8.57. The number of anilines is 1. The van der Waals surface area contributed by atoms with E-state index in [9.17, 15) is 14.4 Å². The molecule has 0 fully saturated rings. The molecule has 2 N–H and O–H groups in total. The number of carbonyl (C=O) groups is 3. The zero-order valence-corrected chi connectivity index (χ0v) is 20.9. The molecule has 1 aromatic heterocycles. The van der Waals surface area contributed by atoms with Crippen molar-refractivity contribution < 1.29 is 19.1 Å². The summed E-state index contributed by atoms with van der Waals surface area (Å²) in [6.45, 7) is 4.87. The molecular formula is C29H28N4O4. The van der Waals surface area contributed by atoms with Gasteiger partial charge in [0.15, 0.2) is 6.61 Å². The molecule has 0 radical (unpaired) electrons. The minimum atomic E-state index is -0.643. The topological polar surface area (TPSA) is 102 Å². The van der Waals surface area contributed by atoms with Gasteiger partial charge in [-0.25, -0.2) is 9.48 Å². The van der Waals surface area contributed by atoms with E-state index in [0.717, 1.165) is 11.3 Å². The number of para-hydroxylation sites is 2. The zero-order chi connectivity index (χ0) is 26.4. The van der Waals surface area contributed by atoms with Crippen LogP contribution in [0.1, 0.15) is 50.6 Å². The van der Waals surface area contributed by atoms with Crippen LogP contribution in [0.3, 0.4) is 0 Å². The van der Waals surface area contributed by atoms with Gasteiger partial charge < -0.3 is 15.4 Å². The lowest BCUT2D eigenvalue weighted by Crippen LogP contribution is -2.28. The van der Waals surface area contributed by atoms with Crippen LogP contribution in [-0.4, -0.2) is 34.2 Å². The molecule has 188 valence electrons. The Balaban J connectivity index is 1.40. The van der Waals surface area contributed by atoms with Crippen molar-refractivity contribution in [2.24, 2.45) is 0 Å². The normalized spacial score (nSPS) is 11.4. The molecule has 3 aromatic carbocycles. The van der Waals surface area contributed by atoms with Crippen LogP contribution in [0.2, 0.25) is 0 Å². The Bertz CT molecular complexity index is 1410. The van der Waals surface area contributed by atoms with Crippen molar-refractivity contribution in [3.63, 3.8) is 0 Å². The maximum atomic E-state index is 12.9. The first-order valence-electron chi connectivity index (χ1n) is 11.9. The van der Waals surface area contributed by atoms with Gasteiger partial charge in [-0.1, -0.05) is 60.7 Å². The molecule has 1 atom stereocenters. The number of rotatable bonds is 8. The average Bonchev–Trinajstić information content (AvgIpc) is 3.22. The Morgan fingerprint density at radius 2 is 1.51 bits per heavy atom. The summed E-state index contributed by atoms with van der Waals surface area (Å²) < 4.78 is 6.95. The van der Waals surface area contributed by atoms with Gasteiger partial charge in [-0.2, -0.15) is 5.10 Å². The molecule has 8 nitrogen and oxygen atoms in total. The number of hydrogen-bond acceptors (Lipinski definition) is 5. The lowest BCUT2D eigenvalue weighted by atomic mass is 10.1. The fraction of sp³-hybridized carbons (Fsp3) is 0.172. The highest BCUT2D eigenvalue weighted by Crippen LogP contribution is 2.20. The number of carbonyl (C=O) groups excluding carboxylic acids is 3. The molecule has 0 saturated carbocycles.